The number of carbonyl (C=O) groups is 2. The average molecular weight is 379 g/mol. The molecule has 2 saturated heterocycles. The summed E-state index contributed by atoms with van der Waals surface area (Å²) < 4.78 is 0. The van der Waals surface area contributed by atoms with Gasteiger partial charge in [-0.15, -0.1) is 0 Å². The molecule has 0 atom stereocenters. The van der Waals surface area contributed by atoms with Crippen LogP contribution in [0.4, 0.5) is 0 Å². The fraction of sp³-hybridized carbons (Fsp3) is 0.913. The van der Waals surface area contributed by atoms with Crippen molar-refractivity contribution in [1.29, 1.82) is 0 Å². The lowest BCUT2D eigenvalue weighted by Crippen LogP contribution is -2.44. The quantitative estimate of drug-likeness (QED) is 0.710. The van der Waals surface area contributed by atoms with E-state index in [-0.39, 0.29) is 10.8 Å². The Balaban J connectivity index is 1.62. The number of nitrogens with zero attached hydrogens (tertiary/aromatic N) is 2. The highest BCUT2D eigenvalue weighted by molar-refractivity contribution is 5.82. The van der Waals surface area contributed by atoms with Gasteiger partial charge in [-0.05, 0) is 37.5 Å². The second kappa shape index (κ2) is 8.96. The van der Waals surface area contributed by atoms with Crippen molar-refractivity contribution in [2.75, 3.05) is 26.2 Å². The van der Waals surface area contributed by atoms with E-state index in [4.69, 9.17) is 0 Å². The first-order valence-electron chi connectivity index (χ1n) is 11.1. The van der Waals surface area contributed by atoms with Crippen molar-refractivity contribution in [3.63, 3.8) is 0 Å². The van der Waals surface area contributed by atoms with E-state index in [1.165, 1.54) is 44.9 Å². The summed E-state index contributed by atoms with van der Waals surface area (Å²) in [6.07, 6.45) is 8.58. The van der Waals surface area contributed by atoms with E-state index in [2.05, 4.69) is 9.80 Å². The predicted molar refractivity (Wildman–Crippen MR) is 111 cm³/mol. The molecule has 0 saturated carbocycles. The van der Waals surface area contributed by atoms with Gasteiger partial charge < -0.3 is 9.80 Å². The maximum Gasteiger partial charge on any atom is 0.227 e. The van der Waals surface area contributed by atoms with E-state index in [0.717, 1.165) is 38.0 Å². The summed E-state index contributed by atoms with van der Waals surface area (Å²) >= 11 is 0. The summed E-state index contributed by atoms with van der Waals surface area (Å²) in [5, 5.41) is 0. The van der Waals surface area contributed by atoms with Crippen LogP contribution >= 0.6 is 0 Å². The van der Waals surface area contributed by atoms with Gasteiger partial charge in [-0.3, -0.25) is 9.59 Å². The first kappa shape index (κ1) is 22.2. The number of amides is 2. The fourth-order valence-corrected chi connectivity index (χ4v) is 4.49. The smallest absolute Gasteiger partial charge is 0.227 e. The van der Waals surface area contributed by atoms with Gasteiger partial charge in [0, 0.05) is 37.0 Å². The number of piperidine rings is 2. The van der Waals surface area contributed by atoms with Crippen LogP contribution < -0.4 is 0 Å². The minimum atomic E-state index is -0.254. The third kappa shape index (κ3) is 6.50. The molecular formula is C23H42N2O2. The zero-order valence-corrected chi connectivity index (χ0v) is 18.6. The highest BCUT2D eigenvalue weighted by atomic mass is 16.2. The van der Waals surface area contributed by atoms with Crippen LogP contribution in [0.15, 0.2) is 0 Å². The molecule has 0 unspecified atom stereocenters. The van der Waals surface area contributed by atoms with Crippen molar-refractivity contribution in [3.8, 4) is 0 Å². The molecule has 2 rings (SSSR count). The topological polar surface area (TPSA) is 40.6 Å². The number of rotatable bonds is 4. The Morgan fingerprint density at radius 3 is 1.22 bits per heavy atom. The van der Waals surface area contributed by atoms with Gasteiger partial charge in [-0.1, -0.05) is 60.8 Å². The minimum absolute atomic E-state index is 0.254. The van der Waals surface area contributed by atoms with E-state index in [1.54, 1.807) is 0 Å². The molecular weight excluding hydrogens is 336 g/mol. The molecule has 4 heteroatoms. The minimum Gasteiger partial charge on any atom is -0.342 e. The van der Waals surface area contributed by atoms with Gasteiger partial charge in [-0.25, -0.2) is 0 Å². The first-order chi connectivity index (χ1) is 12.5. The normalized spacial score (nSPS) is 20.8. The molecule has 4 nitrogen and oxygen atoms in total. The molecule has 0 radical (unpaired) electrons. The molecule has 0 spiro atoms. The van der Waals surface area contributed by atoms with Crippen LogP contribution in [0.1, 0.15) is 86.5 Å². The van der Waals surface area contributed by atoms with Crippen molar-refractivity contribution in [3.05, 3.63) is 0 Å². The molecule has 2 amide bonds. The van der Waals surface area contributed by atoms with Crippen LogP contribution in [-0.2, 0) is 9.59 Å². The average Bonchev–Trinajstić information content (AvgIpc) is 2.60. The molecule has 0 aromatic heterocycles. The standard InChI is InChI=1S/C23H42N2O2/c1-22(2,3)20(26)24-14-10-18(11-15-24)8-7-9-19-12-16-25(17-13-19)21(27)23(4,5)6/h18-19H,7-17H2,1-6H3. The van der Waals surface area contributed by atoms with Gasteiger partial charge in [0.1, 0.15) is 0 Å². The van der Waals surface area contributed by atoms with Crippen LogP contribution in [0.5, 0.6) is 0 Å². The summed E-state index contributed by atoms with van der Waals surface area (Å²) in [4.78, 5) is 28.9. The largest absolute Gasteiger partial charge is 0.342 e. The summed E-state index contributed by atoms with van der Waals surface area (Å²) in [6, 6.07) is 0. The van der Waals surface area contributed by atoms with E-state index in [9.17, 15) is 9.59 Å². The van der Waals surface area contributed by atoms with Crippen molar-refractivity contribution in [2.45, 2.75) is 86.5 Å². The Morgan fingerprint density at radius 1 is 0.667 bits per heavy atom. The molecule has 27 heavy (non-hydrogen) atoms. The molecule has 0 aromatic rings. The highest BCUT2D eigenvalue weighted by Gasteiger charge is 2.31. The van der Waals surface area contributed by atoms with Crippen molar-refractivity contribution < 1.29 is 9.59 Å². The van der Waals surface area contributed by atoms with Crippen molar-refractivity contribution >= 4 is 11.8 Å². The maximum absolute atomic E-state index is 12.4. The van der Waals surface area contributed by atoms with Gasteiger partial charge in [0.2, 0.25) is 11.8 Å². The van der Waals surface area contributed by atoms with Crippen LogP contribution in [0.2, 0.25) is 0 Å². The molecule has 156 valence electrons. The number of hydrogen-bond donors (Lipinski definition) is 0. The number of carbonyl (C=O) groups excluding carboxylic acids is 2. The Hall–Kier alpha value is -1.06. The summed E-state index contributed by atoms with van der Waals surface area (Å²) in [6.45, 7) is 15.8. The lowest BCUT2D eigenvalue weighted by molar-refractivity contribution is -0.141. The van der Waals surface area contributed by atoms with Crippen LogP contribution in [0.25, 0.3) is 0 Å². The lowest BCUT2D eigenvalue weighted by Gasteiger charge is -2.37. The predicted octanol–water partition coefficient (Wildman–Crippen LogP) is 4.73. The second-order valence-corrected chi connectivity index (χ2v) is 10.9. The van der Waals surface area contributed by atoms with Gasteiger partial charge in [0.25, 0.3) is 0 Å². The highest BCUT2D eigenvalue weighted by Crippen LogP contribution is 2.30. The van der Waals surface area contributed by atoms with Crippen LogP contribution in [0, 0.1) is 22.7 Å². The maximum atomic E-state index is 12.4. The van der Waals surface area contributed by atoms with Crippen molar-refractivity contribution in [1.82, 2.24) is 9.80 Å². The summed E-state index contributed by atoms with van der Waals surface area (Å²) in [5.74, 6) is 2.18. The number of hydrogen-bond acceptors (Lipinski definition) is 2. The number of likely N-dealkylation sites (tertiary alicyclic amines) is 2. The third-order valence-electron chi connectivity index (χ3n) is 6.31. The summed E-state index contributed by atoms with van der Waals surface area (Å²) in [5.41, 5.74) is -0.508. The Bertz CT molecular complexity index is 453. The second-order valence-electron chi connectivity index (χ2n) is 10.9. The molecule has 0 bridgehead atoms. The van der Waals surface area contributed by atoms with Gasteiger partial charge in [0.15, 0.2) is 0 Å². The molecule has 0 aliphatic carbocycles. The molecule has 2 fully saturated rings. The van der Waals surface area contributed by atoms with Crippen LogP contribution in [0.3, 0.4) is 0 Å². The van der Waals surface area contributed by atoms with Gasteiger partial charge in [-0.2, -0.15) is 0 Å². The van der Waals surface area contributed by atoms with E-state index < -0.39 is 0 Å². The van der Waals surface area contributed by atoms with Gasteiger partial charge >= 0.3 is 0 Å². The molecule has 2 aliphatic rings. The molecule has 0 aromatic carbocycles. The monoisotopic (exact) mass is 378 g/mol. The lowest BCUT2D eigenvalue weighted by atomic mass is 9.85. The van der Waals surface area contributed by atoms with Crippen LogP contribution in [-0.4, -0.2) is 47.8 Å². The Labute approximate surface area is 167 Å². The molecule has 2 heterocycles. The molecule has 2 aliphatic heterocycles. The fourth-order valence-electron chi connectivity index (χ4n) is 4.49. The van der Waals surface area contributed by atoms with Gasteiger partial charge in [0.05, 0.1) is 0 Å². The van der Waals surface area contributed by atoms with E-state index in [0.29, 0.717) is 11.8 Å². The zero-order valence-electron chi connectivity index (χ0n) is 18.6. The Kier molecular flexibility index (Phi) is 7.38. The first-order valence-corrected chi connectivity index (χ1v) is 11.1. The van der Waals surface area contributed by atoms with E-state index >= 15 is 0 Å². The van der Waals surface area contributed by atoms with E-state index in [1.807, 2.05) is 41.5 Å². The summed E-state index contributed by atoms with van der Waals surface area (Å²) in [7, 11) is 0. The third-order valence-corrected chi connectivity index (χ3v) is 6.31. The molecule has 0 N–H and O–H groups in total. The van der Waals surface area contributed by atoms with Crippen molar-refractivity contribution in [2.24, 2.45) is 22.7 Å². The Morgan fingerprint density at radius 2 is 0.963 bits per heavy atom. The SMILES string of the molecule is CC(C)(C)C(=O)N1CCC(CCCC2CCN(C(=O)C(C)(C)C)CC2)CC1. The zero-order chi connectivity index (χ0) is 20.2.